The van der Waals surface area contributed by atoms with Gasteiger partial charge < -0.3 is 9.84 Å². The fraction of sp³-hybridized carbons (Fsp3) is 0.600. The molecule has 0 unspecified atom stereocenters. The third-order valence-corrected chi connectivity index (χ3v) is 5.03. The first-order valence-corrected chi connectivity index (χ1v) is 9.14. The molecule has 1 N–H and O–H groups in total. The first-order valence-electron chi connectivity index (χ1n) is 8.33. The van der Waals surface area contributed by atoms with Gasteiger partial charge in [0.25, 0.3) is 0 Å². The zero-order valence-electron chi connectivity index (χ0n) is 13.9. The van der Waals surface area contributed by atoms with Crippen LogP contribution in [0.1, 0.15) is 37.2 Å². The summed E-state index contributed by atoms with van der Waals surface area (Å²) in [7, 11) is 0. The highest BCUT2D eigenvalue weighted by Gasteiger charge is 2.22. The summed E-state index contributed by atoms with van der Waals surface area (Å²) in [5, 5.41) is 13.1. The van der Waals surface area contributed by atoms with Gasteiger partial charge in [0.2, 0.25) is 16.0 Å². The molecule has 0 radical (unpaired) electrons. The Morgan fingerprint density at radius 3 is 3.12 bits per heavy atom. The molecule has 0 saturated carbocycles. The summed E-state index contributed by atoms with van der Waals surface area (Å²) in [6.07, 6.45) is 5.02. The Bertz CT molecular complexity index is 791. The van der Waals surface area contributed by atoms with E-state index in [1.165, 1.54) is 0 Å². The van der Waals surface area contributed by atoms with Crippen LogP contribution in [0.3, 0.4) is 0 Å². The van der Waals surface area contributed by atoms with Crippen molar-refractivity contribution in [2.75, 3.05) is 18.4 Å². The lowest BCUT2D eigenvalue weighted by Crippen LogP contribution is -2.41. The Balaban J connectivity index is 1.37. The van der Waals surface area contributed by atoms with E-state index < -0.39 is 0 Å². The van der Waals surface area contributed by atoms with Crippen LogP contribution in [0.25, 0.3) is 4.96 Å². The predicted octanol–water partition coefficient (Wildman–Crippen LogP) is 2.12. The SMILES string of the molecule is CCc1nc(CN2CCC[C@H](Nc3nn4cc(C)nc4s3)C2)no1. The van der Waals surface area contributed by atoms with E-state index >= 15 is 0 Å². The van der Waals surface area contributed by atoms with Crippen LogP contribution < -0.4 is 5.32 Å². The highest BCUT2D eigenvalue weighted by Crippen LogP contribution is 2.22. The number of hydrogen-bond donors (Lipinski definition) is 1. The first kappa shape index (κ1) is 15.5. The smallest absolute Gasteiger partial charge is 0.226 e. The van der Waals surface area contributed by atoms with Gasteiger partial charge in [0, 0.05) is 19.0 Å². The largest absolute Gasteiger partial charge is 0.356 e. The van der Waals surface area contributed by atoms with Crippen LogP contribution in [0.15, 0.2) is 10.7 Å². The van der Waals surface area contributed by atoms with E-state index in [0.29, 0.717) is 11.9 Å². The van der Waals surface area contributed by atoms with E-state index in [4.69, 9.17) is 4.52 Å². The molecular weight excluding hydrogens is 326 g/mol. The maximum Gasteiger partial charge on any atom is 0.226 e. The predicted molar refractivity (Wildman–Crippen MR) is 91.2 cm³/mol. The summed E-state index contributed by atoms with van der Waals surface area (Å²) in [5.74, 6) is 1.48. The van der Waals surface area contributed by atoms with E-state index in [9.17, 15) is 0 Å². The summed E-state index contributed by atoms with van der Waals surface area (Å²) in [5.41, 5.74) is 0.996. The highest BCUT2D eigenvalue weighted by atomic mass is 32.1. The minimum Gasteiger partial charge on any atom is -0.356 e. The average molecular weight is 347 g/mol. The molecule has 4 rings (SSSR count). The summed E-state index contributed by atoms with van der Waals surface area (Å²) in [6.45, 7) is 6.76. The number of nitrogens with one attached hydrogen (secondary N) is 1. The topological polar surface area (TPSA) is 84.4 Å². The molecule has 0 amide bonds. The second kappa shape index (κ2) is 6.48. The lowest BCUT2D eigenvalue weighted by molar-refractivity contribution is 0.201. The van der Waals surface area contributed by atoms with Gasteiger partial charge in [-0.25, -0.2) is 9.50 Å². The van der Waals surface area contributed by atoms with Crippen molar-refractivity contribution in [3.8, 4) is 0 Å². The summed E-state index contributed by atoms with van der Waals surface area (Å²) in [4.78, 5) is 12.2. The molecular formula is C15H21N7OS. The second-order valence-corrected chi connectivity index (χ2v) is 7.15. The zero-order chi connectivity index (χ0) is 16.5. The number of aromatic nitrogens is 5. The highest BCUT2D eigenvalue weighted by molar-refractivity contribution is 7.20. The van der Waals surface area contributed by atoms with Crippen LogP contribution >= 0.6 is 11.3 Å². The van der Waals surface area contributed by atoms with Gasteiger partial charge in [-0.05, 0) is 26.3 Å². The van der Waals surface area contributed by atoms with Crippen molar-refractivity contribution < 1.29 is 4.52 Å². The standard InChI is InChI=1S/C15H21N7OS/c1-3-13-18-12(20-23-13)9-21-6-4-5-11(8-21)17-14-19-22-7-10(2)16-15(22)24-14/h7,11H,3-6,8-9H2,1-2H3,(H,17,19)/t11-/m0/s1. The first-order chi connectivity index (χ1) is 11.7. The number of fused-ring (bicyclic) bond motifs is 1. The Hall–Kier alpha value is -2.00. The zero-order valence-corrected chi connectivity index (χ0v) is 14.7. The molecule has 128 valence electrons. The third-order valence-electron chi connectivity index (χ3n) is 4.17. The van der Waals surface area contributed by atoms with Crippen molar-refractivity contribution >= 4 is 21.4 Å². The van der Waals surface area contributed by atoms with Gasteiger partial charge in [0.1, 0.15) is 0 Å². The number of hydrogen-bond acceptors (Lipinski definition) is 8. The van der Waals surface area contributed by atoms with Crippen molar-refractivity contribution in [3.05, 3.63) is 23.6 Å². The Morgan fingerprint density at radius 1 is 1.42 bits per heavy atom. The number of rotatable bonds is 5. The molecule has 24 heavy (non-hydrogen) atoms. The second-order valence-electron chi connectivity index (χ2n) is 6.19. The number of anilines is 1. The number of imidazole rings is 1. The van der Waals surface area contributed by atoms with Gasteiger partial charge in [0.05, 0.1) is 18.4 Å². The third kappa shape index (κ3) is 3.27. The van der Waals surface area contributed by atoms with E-state index in [-0.39, 0.29) is 0 Å². The van der Waals surface area contributed by atoms with Gasteiger partial charge in [-0.1, -0.05) is 23.4 Å². The molecule has 3 aromatic rings. The van der Waals surface area contributed by atoms with Gasteiger partial charge in [-0.3, -0.25) is 4.90 Å². The number of likely N-dealkylation sites (tertiary alicyclic amines) is 1. The molecule has 4 heterocycles. The van der Waals surface area contributed by atoms with E-state index in [1.54, 1.807) is 11.3 Å². The molecule has 0 spiro atoms. The lowest BCUT2D eigenvalue weighted by atomic mass is 10.1. The Kier molecular flexibility index (Phi) is 4.19. The van der Waals surface area contributed by atoms with Gasteiger partial charge in [-0.15, -0.1) is 5.10 Å². The molecule has 8 nitrogen and oxygen atoms in total. The molecule has 0 bridgehead atoms. The van der Waals surface area contributed by atoms with Crippen LogP contribution in [0.2, 0.25) is 0 Å². The quantitative estimate of drug-likeness (QED) is 0.757. The van der Waals surface area contributed by atoms with Crippen molar-refractivity contribution in [1.82, 2.24) is 29.6 Å². The average Bonchev–Trinajstić information content (AvgIpc) is 3.22. The van der Waals surface area contributed by atoms with E-state index in [2.05, 4.69) is 30.4 Å². The van der Waals surface area contributed by atoms with Crippen LogP contribution in [-0.4, -0.2) is 48.8 Å². The Labute approximate surface area is 143 Å². The molecule has 1 saturated heterocycles. The molecule has 1 atom stereocenters. The molecule has 9 heteroatoms. The fourth-order valence-electron chi connectivity index (χ4n) is 3.06. The van der Waals surface area contributed by atoms with Crippen LogP contribution in [-0.2, 0) is 13.0 Å². The summed E-state index contributed by atoms with van der Waals surface area (Å²) >= 11 is 1.59. The summed E-state index contributed by atoms with van der Waals surface area (Å²) < 4.78 is 7.03. The van der Waals surface area contributed by atoms with Crippen molar-refractivity contribution in [2.45, 2.75) is 45.7 Å². The van der Waals surface area contributed by atoms with E-state index in [1.807, 2.05) is 24.6 Å². The molecule has 1 fully saturated rings. The minimum absolute atomic E-state index is 0.383. The van der Waals surface area contributed by atoms with Crippen molar-refractivity contribution in [2.24, 2.45) is 0 Å². The molecule has 0 aromatic carbocycles. The number of nitrogens with zero attached hydrogens (tertiary/aromatic N) is 6. The van der Waals surface area contributed by atoms with Gasteiger partial charge in [0.15, 0.2) is 5.82 Å². The molecule has 1 aliphatic rings. The molecule has 3 aromatic heterocycles. The molecule has 1 aliphatic heterocycles. The lowest BCUT2D eigenvalue weighted by Gasteiger charge is -2.32. The van der Waals surface area contributed by atoms with Crippen LogP contribution in [0.5, 0.6) is 0 Å². The fourth-order valence-corrected chi connectivity index (χ4v) is 3.96. The van der Waals surface area contributed by atoms with Gasteiger partial charge >= 0.3 is 0 Å². The van der Waals surface area contributed by atoms with Crippen molar-refractivity contribution in [3.63, 3.8) is 0 Å². The van der Waals surface area contributed by atoms with E-state index in [0.717, 1.165) is 60.5 Å². The monoisotopic (exact) mass is 347 g/mol. The number of piperidine rings is 1. The van der Waals surface area contributed by atoms with Gasteiger partial charge in [-0.2, -0.15) is 4.98 Å². The normalized spacial score (nSPS) is 19.2. The number of aryl methyl sites for hydroxylation is 2. The van der Waals surface area contributed by atoms with Crippen molar-refractivity contribution in [1.29, 1.82) is 0 Å². The maximum atomic E-state index is 5.19. The summed E-state index contributed by atoms with van der Waals surface area (Å²) in [6, 6.07) is 0.383. The maximum absolute atomic E-state index is 5.19. The van der Waals surface area contributed by atoms with Crippen LogP contribution in [0, 0.1) is 6.92 Å². The Morgan fingerprint density at radius 2 is 2.33 bits per heavy atom. The van der Waals surface area contributed by atoms with Crippen LogP contribution in [0.4, 0.5) is 5.13 Å². The minimum atomic E-state index is 0.383. The molecule has 0 aliphatic carbocycles.